The van der Waals surface area contributed by atoms with Crippen LogP contribution in [0, 0.1) is 0 Å². The molecule has 9 aromatic carbocycles. The SMILES string of the molecule is CC1(C)c2ccccc2-c2ccc3c(c(-c4ccc(-c5cccc(-c6cc(-c7ccc(-c8ccccc8)cc7)nc(-c7ccccc7)n6)c5)cc4)c(-c4ccccc4)n3-c3ccccc3)c21. The molecule has 0 atom stereocenters. The Morgan fingerprint density at radius 3 is 1.55 bits per heavy atom. The van der Waals surface area contributed by atoms with Crippen molar-refractivity contribution >= 4 is 10.9 Å². The zero-order valence-electron chi connectivity index (χ0n) is 36.9. The zero-order chi connectivity index (χ0) is 44.2. The topological polar surface area (TPSA) is 30.7 Å². The van der Waals surface area contributed by atoms with Gasteiger partial charge in [-0.25, -0.2) is 9.97 Å². The van der Waals surface area contributed by atoms with Gasteiger partial charge in [0.15, 0.2) is 5.82 Å². The molecule has 0 spiro atoms. The minimum absolute atomic E-state index is 0.204. The van der Waals surface area contributed by atoms with E-state index in [0.29, 0.717) is 5.82 Å². The van der Waals surface area contributed by atoms with Crippen LogP contribution in [0.2, 0.25) is 0 Å². The first-order valence-electron chi connectivity index (χ1n) is 22.7. The maximum atomic E-state index is 5.19. The van der Waals surface area contributed by atoms with E-state index in [2.05, 4.69) is 231 Å². The van der Waals surface area contributed by atoms with Gasteiger partial charge in [-0.1, -0.05) is 220 Å². The number of hydrogen-bond acceptors (Lipinski definition) is 2. The lowest BCUT2D eigenvalue weighted by molar-refractivity contribution is 0.666. The molecule has 0 saturated carbocycles. The Morgan fingerprint density at radius 2 is 0.864 bits per heavy atom. The molecule has 1 aliphatic carbocycles. The van der Waals surface area contributed by atoms with Crippen LogP contribution in [0.15, 0.2) is 237 Å². The molecule has 2 heterocycles. The highest BCUT2D eigenvalue weighted by Gasteiger charge is 2.39. The number of nitrogens with zero attached hydrogens (tertiary/aromatic N) is 3. The number of hydrogen-bond donors (Lipinski definition) is 0. The molecule has 12 rings (SSSR count). The van der Waals surface area contributed by atoms with Crippen LogP contribution in [-0.4, -0.2) is 14.5 Å². The van der Waals surface area contributed by atoms with Crippen LogP contribution < -0.4 is 0 Å². The van der Waals surface area contributed by atoms with Gasteiger partial charge in [-0.05, 0) is 86.0 Å². The van der Waals surface area contributed by atoms with E-state index in [1.54, 1.807) is 0 Å². The summed E-state index contributed by atoms with van der Waals surface area (Å²) in [5.74, 6) is 0.701. The van der Waals surface area contributed by atoms with Crippen LogP contribution >= 0.6 is 0 Å². The van der Waals surface area contributed by atoms with Crippen molar-refractivity contribution in [2.45, 2.75) is 19.3 Å². The van der Waals surface area contributed by atoms with Gasteiger partial charge in [-0.2, -0.15) is 0 Å². The minimum Gasteiger partial charge on any atom is -0.309 e. The fraction of sp³-hybridized carbons (Fsp3) is 0.0476. The molecule has 3 nitrogen and oxygen atoms in total. The van der Waals surface area contributed by atoms with Crippen molar-refractivity contribution in [3.05, 3.63) is 248 Å². The maximum absolute atomic E-state index is 5.19. The summed E-state index contributed by atoms with van der Waals surface area (Å²) in [6, 6.07) is 84.9. The second-order valence-corrected chi connectivity index (χ2v) is 17.7. The third-order valence-electron chi connectivity index (χ3n) is 13.4. The molecule has 1 aliphatic rings. The van der Waals surface area contributed by atoms with Crippen LogP contribution in [0.4, 0.5) is 0 Å². The fourth-order valence-electron chi connectivity index (χ4n) is 10.3. The molecule has 11 aromatic rings. The first kappa shape index (κ1) is 39.2. The van der Waals surface area contributed by atoms with Gasteiger partial charge in [0.25, 0.3) is 0 Å². The van der Waals surface area contributed by atoms with Gasteiger partial charge in [0.2, 0.25) is 0 Å². The molecule has 0 radical (unpaired) electrons. The molecule has 3 heteroatoms. The van der Waals surface area contributed by atoms with Gasteiger partial charge in [0.05, 0.1) is 22.6 Å². The predicted molar refractivity (Wildman–Crippen MR) is 274 cm³/mol. The van der Waals surface area contributed by atoms with Gasteiger partial charge in [-0.15, -0.1) is 0 Å². The second kappa shape index (κ2) is 16.0. The first-order chi connectivity index (χ1) is 32.5. The Morgan fingerprint density at radius 1 is 0.364 bits per heavy atom. The highest BCUT2D eigenvalue weighted by Crippen LogP contribution is 2.55. The normalized spacial score (nSPS) is 12.5. The quantitative estimate of drug-likeness (QED) is 0.153. The van der Waals surface area contributed by atoms with E-state index in [0.717, 1.165) is 44.9 Å². The van der Waals surface area contributed by atoms with Gasteiger partial charge < -0.3 is 4.57 Å². The third-order valence-corrected chi connectivity index (χ3v) is 13.4. The fourth-order valence-corrected chi connectivity index (χ4v) is 10.3. The smallest absolute Gasteiger partial charge is 0.160 e. The van der Waals surface area contributed by atoms with Crippen LogP contribution in [0.1, 0.15) is 25.0 Å². The maximum Gasteiger partial charge on any atom is 0.160 e. The van der Waals surface area contributed by atoms with Gasteiger partial charge in [0, 0.05) is 38.7 Å². The highest BCUT2D eigenvalue weighted by atomic mass is 15.0. The van der Waals surface area contributed by atoms with E-state index in [1.807, 2.05) is 24.3 Å². The van der Waals surface area contributed by atoms with E-state index in [9.17, 15) is 0 Å². The first-order valence-corrected chi connectivity index (χ1v) is 22.7. The van der Waals surface area contributed by atoms with Gasteiger partial charge >= 0.3 is 0 Å². The number of rotatable bonds is 8. The van der Waals surface area contributed by atoms with Crippen LogP contribution in [-0.2, 0) is 5.41 Å². The molecule has 0 fully saturated rings. The predicted octanol–water partition coefficient (Wildman–Crippen LogP) is 16.4. The summed E-state index contributed by atoms with van der Waals surface area (Å²) in [4.78, 5) is 10.3. The average molecular weight is 844 g/mol. The summed E-state index contributed by atoms with van der Waals surface area (Å²) in [7, 11) is 0. The number of fused-ring (bicyclic) bond motifs is 5. The Kier molecular flexibility index (Phi) is 9.50. The molecule has 66 heavy (non-hydrogen) atoms. The van der Waals surface area contributed by atoms with Crippen molar-refractivity contribution in [2.75, 3.05) is 0 Å². The van der Waals surface area contributed by atoms with Crippen LogP contribution in [0.25, 0.3) is 106 Å². The molecular formula is C63H45N3. The largest absolute Gasteiger partial charge is 0.309 e. The molecule has 0 N–H and O–H groups in total. The van der Waals surface area contributed by atoms with Gasteiger partial charge in [-0.3, -0.25) is 0 Å². The summed E-state index contributed by atoms with van der Waals surface area (Å²) < 4.78 is 2.48. The van der Waals surface area contributed by atoms with Crippen molar-refractivity contribution in [3.63, 3.8) is 0 Å². The van der Waals surface area contributed by atoms with Crippen LogP contribution in [0.5, 0.6) is 0 Å². The molecule has 312 valence electrons. The van der Waals surface area contributed by atoms with Crippen molar-refractivity contribution in [1.82, 2.24) is 14.5 Å². The zero-order valence-corrected chi connectivity index (χ0v) is 36.9. The third kappa shape index (κ3) is 6.67. The van der Waals surface area contributed by atoms with E-state index in [4.69, 9.17) is 9.97 Å². The van der Waals surface area contributed by atoms with E-state index >= 15 is 0 Å². The van der Waals surface area contributed by atoms with E-state index < -0.39 is 0 Å². The number of aromatic nitrogens is 3. The Labute approximate surface area is 386 Å². The molecule has 0 bridgehead atoms. The molecular weight excluding hydrogens is 799 g/mol. The summed E-state index contributed by atoms with van der Waals surface area (Å²) in [5, 5.41) is 1.30. The van der Waals surface area contributed by atoms with Crippen LogP contribution in [0.3, 0.4) is 0 Å². The molecule has 0 unspecified atom stereocenters. The second-order valence-electron chi connectivity index (χ2n) is 17.7. The Bertz CT molecular complexity index is 3550. The van der Waals surface area contributed by atoms with Crippen molar-refractivity contribution in [2.24, 2.45) is 0 Å². The van der Waals surface area contributed by atoms with Crippen molar-refractivity contribution in [3.8, 4) is 95.4 Å². The molecule has 0 amide bonds. The lowest BCUT2D eigenvalue weighted by atomic mass is 9.79. The summed E-state index contributed by atoms with van der Waals surface area (Å²) in [5.41, 5.74) is 21.8. The van der Waals surface area contributed by atoms with E-state index in [1.165, 1.54) is 66.7 Å². The molecule has 0 saturated heterocycles. The number of benzene rings is 9. The summed E-state index contributed by atoms with van der Waals surface area (Å²) >= 11 is 0. The van der Waals surface area contributed by atoms with E-state index in [-0.39, 0.29) is 5.41 Å². The van der Waals surface area contributed by atoms with Crippen molar-refractivity contribution in [1.29, 1.82) is 0 Å². The molecule has 0 aliphatic heterocycles. The lowest BCUT2D eigenvalue weighted by Gasteiger charge is -2.23. The monoisotopic (exact) mass is 843 g/mol. The highest BCUT2D eigenvalue weighted by molar-refractivity contribution is 6.11. The Hall–Kier alpha value is -8.40. The Balaban J connectivity index is 0.991. The standard InChI is InChI=1S/C63H45N3/c1-63(2)54-29-16-15-28-52(54)53-38-39-57-59(60(53)63)58(61(47-20-9-4-10-21-47)66(57)51-26-13-6-14-27-51)46-36-32-44(33-37-46)49-24-17-25-50(40-49)56-41-55(64-62(65-56)48-22-11-5-12-23-48)45-34-30-43(31-35-45)42-18-7-3-8-19-42/h3-41H,1-2H3. The van der Waals surface area contributed by atoms with Crippen molar-refractivity contribution < 1.29 is 0 Å². The minimum atomic E-state index is -0.204. The summed E-state index contributed by atoms with van der Waals surface area (Å²) in [6.45, 7) is 4.79. The summed E-state index contributed by atoms with van der Waals surface area (Å²) in [6.07, 6.45) is 0. The number of para-hydroxylation sites is 1. The lowest BCUT2D eigenvalue weighted by Crippen LogP contribution is -2.15. The average Bonchev–Trinajstić information content (AvgIpc) is 3.86. The molecule has 2 aromatic heterocycles. The van der Waals surface area contributed by atoms with Gasteiger partial charge in [0.1, 0.15) is 0 Å².